The Morgan fingerprint density at radius 1 is 1.42 bits per heavy atom. The molecule has 0 spiro atoms. The van der Waals surface area contributed by atoms with Crippen LogP contribution >= 0.6 is 0 Å². The average Bonchev–Trinajstić information content (AvgIpc) is 2.10. The summed E-state index contributed by atoms with van der Waals surface area (Å²) < 4.78 is 5.24. The van der Waals surface area contributed by atoms with Crippen molar-refractivity contribution in [3.05, 3.63) is 12.7 Å². The van der Waals surface area contributed by atoms with Crippen molar-refractivity contribution in [2.75, 3.05) is 26.3 Å². The molecule has 0 saturated heterocycles. The Morgan fingerprint density at radius 2 is 2.25 bits per heavy atom. The van der Waals surface area contributed by atoms with Gasteiger partial charge in [-0.3, -0.25) is 0 Å². The van der Waals surface area contributed by atoms with Gasteiger partial charge >= 0.3 is 0 Å². The fraction of sp³-hybridized carbons (Fsp3) is 0.667. The number of hydrogen-bond donors (Lipinski definition) is 1. The Morgan fingerprint density at radius 3 is 2.92 bits per heavy atom. The maximum atomic E-state index is 8.21. The van der Waals surface area contributed by atoms with Gasteiger partial charge < -0.3 is 10.1 Å². The zero-order valence-electron chi connectivity index (χ0n) is 7.38. The molecule has 12 heavy (non-hydrogen) atoms. The van der Waals surface area contributed by atoms with Gasteiger partial charge in [0.1, 0.15) is 0 Å². The number of hydrogen-bond acceptors (Lipinski definition) is 3. The topological polar surface area (TPSA) is 45.0 Å². The van der Waals surface area contributed by atoms with Crippen LogP contribution in [0.4, 0.5) is 0 Å². The van der Waals surface area contributed by atoms with E-state index in [2.05, 4.69) is 18.0 Å². The maximum Gasteiger partial charge on any atom is 0.0635 e. The van der Waals surface area contributed by atoms with E-state index in [1.807, 2.05) is 6.08 Å². The molecule has 0 atom stereocenters. The lowest BCUT2D eigenvalue weighted by molar-refractivity contribution is 0.141. The molecule has 0 aliphatic heterocycles. The molecule has 0 amide bonds. The molecular weight excluding hydrogens is 152 g/mol. The Bertz CT molecular complexity index is 140. The maximum absolute atomic E-state index is 8.21. The van der Waals surface area contributed by atoms with Gasteiger partial charge in [0.15, 0.2) is 0 Å². The van der Waals surface area contributed by atoms with Crippen LogP contribution in [0.5, 0.6) is 0 Å². The van der Waals surface area contributed by atoms with E-state index in [0.717, 1.165) is 26.1 Å². The Balaban J connectivity index is 2.82. The van der Waals surface area contributed by atoms with Crippen molar-refractivity contribution < 1.29 is 4.74 Å². The molecule has 3 heteroatoms. The second kappa shape index (κ2) is 10.2. The van der Waals surface area contributed by atoms with E-state index in [9.17, 15) is 0 Å². The quantitative estimate of drug-likeness (QED) is 0.436. The molecule has 0 rings (SSSR count). The minimum atomic E-state index is 0.562. The van der Waals surface area contributed by atoms with Crippen molar-refractivity contribution in [3.8, 4) is 6.07 Å². The van der Waals surface area contributed by atoms with E-state index in [4.69, 9.17) is 10.00 Å². The first-order valence-corrected chi connectivity index (χ1v) is 4.18. The molecule has 0 aromatic carbocycles. The number of nitriles is 1. The summed E-state index contributed by atoms with van der Waals surface area (Å²) in [7, 11) is 0. The number of nitrogens with one attached hydrogen (secondary N) is 1. The molecule has 0 bridgehead atoms. The summed E-state index contributed by atoms with van der Waals surface area (Å²) in [6, 6.07) is 2.06. The Labute approximate surface area is 74.0 Å². The zero-order valence-corrected chi connectivity index (χ0v) is 7.38. The lowest BCUT2D eigenvalue weighted by Crippen LogP contribution is -2.20. The normalized spacial score (nSPS) is 9.25. The smallest absolute Gasteiger partial charge is 0.0635 e. The summed E-state index contributed by atoms with van der Waals surface area (Å²) in [5.41, 5.74) is 0. The molecule has 68 valence electrons. The summed E-state index contributed by atoms with van der Waals surface area (Å²) in [6.45, 7) is 6.60. The monoisotopic (exact) mass is 168 g/mol. The molecule has 1 N–H and O–H groups in total. The van der Waals surface area contributed by atoms with Gasteiger partial charge in [-0.05, 0) is 6.42 Å². The van der Waals surface area contributed by atoms with Crippen molar-refractivity contribution in [1.82, 2.24) is 5.32 Å². The van der Waals surface area contributed by atoms with Crippen LogP contribution in [0.3, 0.4) is 0 Å². The van der Waals surface area contributed by atoms with Crippen molar-refractivity contribution in [2.24, 2.45) is 0 Å². The third-order valence-corrected chi connectivity index (χ3v) is 1.30. The Kier molecular flexibility index (Phi) is 9.43. The second-order valence-electron chi connectivity index (χ2n) is 2.35. The fourth-order valence-corrected chi connectivity index (χ4v) is 0.682. The van der Waals surface area contributed by atoms with E-state index in [1.165, 1.54) is 0 Å². The minimum Gasteiger partial charge on any atom is -0.380 e. The van der Waals surface area contributed by atoms with Gasteiger partial charge in [0, 0.05) is 19.5 Å². The van der Waals surface area contributed by atoms with Crippen LogP contribution < -0.4 is 5.32 Å². The van der Waals surface area contributed by atoms with Crippen LogP contribution in [0, 0.1) is 11.3 Å². The van der Waals surface area contributed by atoms with Crippen molar-refractivity contribution >= 4 is 0 Å². The number of rotatable bonds is 8. The number of ether oxygens (including phenoxy) is 1. The van der Waals surface area contributed by atoms with E-state index < -0.39 is 0 Å². The molecule has 0 aromatic heterocycles. The molecule has 3 nitrogen and oxygen atoms in total. The van der Waals surface area contributed by atoms with E-state index in [-0.39, 0.29) is 0 Å². The summed E-state index contributed by atoms with van der Waals surface area (Å²) in [6.07, 6.45) is 3.30. The summed E-state index contributed by atoms with van der Waals surface area (Å²) in [5, 5.41) is 11.3. The van der Waals surface area contributed by atoms with Crippen LogP contribution in [-0.4, -0.2) is 26.3 Å². The van der Waals surface area contributed by atoms with E-state index in [0.29, 0.717) is 13.0 Å². The third-order valence-electron chi connectivity index (χ3n) is 1.30. The fourth-order valence-electron chi connectivity index (χ4n) is 0.682. The molecule has 0 heterocycles. The highest BCUT2D eigenvalue weighted by atomic mass is 16.5. The van der Waals surface area contributed by atoms with Crippen molar-refractivity contribution in [1.29, 1.82) is 5.26 Å². The van der Waals surface area contributed by atoms with E-state index >= 15 is 0 Å². The molecule has 0 aromatic rings. The first kappa shape index (κ1) is 11.2. The highest BCUT2D eigenvalue weighted by molar-refractivity contribution is 4.69. The molecule has 0 aliphatic carbocycles. The van der Waals surface area contributed by atoms with Gasteiger partial charge in [-0.25, -0.2) is 0 Å². The van der Waals surface area contributed by atoms with Gasteiger partial charge in [0.05, 0.1) is 19.3 Å². The summed E-state index contributed by atoms with van der Waals surface area (Å²) in [4.78, 5) is 0. The second-order valence-corrected chi connectivity index (χ2v) is 2.35. The largest absolute Gasteiger partial charge is 0.380 e. The molecule has 0 radical (unpaired) electrons. The van der Waals surface area contributed by atoms with E-state index in [1.54, 1.807) is 0 Å². The van der Waals surface area contributed by atoms with Gasteiger partial charge in [-0.1, -0.05) is 6.08 Å². The number of nitrogens with zero attached hydrogens (tertiary/aromatic N) is 1. The molecule has 0 aliphatic rings. The predicted octanol–water partition coefficient (Wildman–Crippen LogP) is 1.08. The highest BCUT2D eigenvalue weighted by Crippen LogP contribution is 1.81. The van der Waals surface area contributed by atoms with Crippen molar-refractivity contribution in [3.63, 3.8) is 0 Å². The SMILES string of the molecule is C=CCCOCCNCCC#N. The highest BCUT2D eigenvalue weighted by Gasteiger charge is 1.86. The summed E-state index contributed by atoms with van der Waals surface area (Å²) in [5.74, 6) is 0. The van der Waals surface area contributed by atoms with Gasteiger partial charge in [0.2, 0.25) is 0 Å². The van der Waals surface area contributed by atoms with Crippen LogP contribution in [0.1, 0.15) is 12.8 Å². The van der Waals surface area contributed by atoms with Gasteiger partial charge in [-0.15, -0.1) is 6.58 Å². The standard InChI is InChI=1S/C9H16N2O/c1-2-3-8-12-9-7-11-6-4-5-10/h2,11H,1,3-4,6-9H2. The van der Waals surface area contributed by atoms with Gasteiger partial charge in [0.25, 0.3) is 0 Å². The predicted molar refractivity (Wildman–Crippen MR) is 48.7 cm³/mol. The lowest BCUT2D eigenvalue weighted by atomic mass is 10.4. The Hall–Kier alpha value is -0.850. The average molecular weight is 168 g/mol. The minimum absolute atomic E-state index is 0.562. The zero-order chi connectivity index (χ0) is 9.07. The summed E-state index contributed by atoms with van der Waals surface area (Å²) >= 11 is 0. The van der Waals surface area contributed by atoms with Crippen molar-refractivity contribution in [2.45, 2.75) is 12.8 Å². The first-order valence-electron chi connectivity index (χ1n) is 4.18. The lowest BCUT2D eigenvalue weighted by Gasteiger charge is -2.02. The molecule has 0 fully saturated rings. The van der Waals surface area contributed by atoms with Crippen LogP contribution in [0.15, 0.2) is 12.7 Å². The first-order chi connectivity index (χ1) is 5.91. The molecular formula is C9H16N2O. The molecule has 0 unspecified atom stereocenters. The molecule has 0 saturated carbocycles. The van der Waals surface area contributed by atoms with Gasteiger partial charge in [-0.2, -0.15) is 5.26 Å². The third kappa shape index (κ3) is 9.15. The van der Waals surface area contributed by atoms with Crippen LogP contribution in [-0.2, 0) is 4.74 Å². The van der Waals surface area contributed by atoms with Crippen LogP contribution in [0.2, 0.25) is 0 Å². The van der Waals surface area contributed by atoms with Crippen LogP contribution in [0.25, 0.3) is 0 Å².